The Balaban J connectivity index is 3.68. The Morgan fingerprint density at radius 2 is 1.77 bits per heavy atom. The summed E-state index contributed by atoms with van der Waals surface area (Å²) >= 11 is 4.41. The van der Waals surface area contributed by atoms with E-state index in [-0.39, 0.29) is 0 Å². The van der Waals surface area contributed by atoms with Crippen LogP contribution < -0.4 is 0 Å². The van der Waals surface area contributed by atoms with Gasteiger partial charge < -0.3 is 4.74 Å². The van der Waals surface area contributed by atoms with Gasteiger partial charge in [-0.25, -0.2) is 0 Å². The Labute approximate surface area is 88.7 Å². The van der Waals surface area contributed by atoms with Crippen molar-refractivity contribution in [2.24, 2.45) is 5.41 Å². The highest BCUT2D eigenvalue weighted by Crippen LogP contribution is 2.28. The first-order valence-corrected chi connectivity index (χ1v) is 6.06. The summed E-state index contributed by atoms with van der Waals surface area (Å²) in [5, 5.41) is 0. The first-order chi connectivity index (χ1) is 6.24. The van der Waals surface area contributed by atoms with Gasteiger partial charge in [0.1, 0.15) is 0 Å². The summed E-state index contributed by atoms with van der Waals surface area (Å²) in [4.78, 5) is 0. The smallest absolute Gasteiger partial charge is 0.0530 e. The van der Waals surface area contributed by atoms with E-state index in [2.05, 4.69) is 33.4 Å². The van der Waals surface area contributed by atoms with Crippen LogP contribution in [-0.2, 0) is 4.74 Å². The lowest BCUT2D eigenvalue weighted by molar-refractivity contribution is 0.0497. The van der Waals surface area contributed by atoms with Gasteiger partial charge in [0.2, 0.25) is 0 Å². The molecule has 0 N–H and O–H groups in total. The second-order valence-corrected chi connectivity index (χ2v) is 4.09. The van der Waals surface area contributed by atoms with Gasteiger partial charge in [-0.05, 0) is 25.0 Å². The standard InChI is InChI=1S/C11H24OS/c1-4-7-8-12-9-11(5-2,6-3)10-13/h13H,4-10H2,1-3H3. The zero-order chi connectivity index (χ0) is 10.2. The molecular weight excluding hydrogens is 180 g/mol. The zero-order valence-electron chi connectivity index (χ0n) is 9.31. The quantitative estimate of drug-likeness (QED) is 0.470. The average Bonchev–Trinajstić information content (AvgIpc) is 2.20. The molecular formula is C11H24OS. The third-order valence-electron chi connectivity index (χ3n) is 2.89. The van der Waals surface area contributed by atoms with E-state index in [0.717, 1.165) is 19.0 Å². The van der Waals surface area contributed by atoms with E-state index < -0.39 is 0 Å². The molecule has 0 heterocycles. The summed E-state index contributed by atoms with van der Waals surface area (Å²) in [7, 11) is 0. The molecule has 0 saturated heterocycles. The molecule has 0 fully saturated rings. The van der Waals surface area contributed by atoms with E-state index in [1.807, 2.05) is 0 Å². The molecule has 0 aliphatic heterocycles. The molecule has 1 nitrogen and oxygen atoms in total. The molecule has 13 heavy (non-hydrogen) atoms. The number of hydrogen-bond donors (Lipinski definition) is 1. The van der Waals surface area contributed by atoms with E-state index >= 15 is 0 Å². The van der Waals surface area contributed by atoms with E-state index in [1.165, 1.54) is 25.7 Å². The lowest BCUT2D eigenvalue weighted by Gasteiger charge is -2.29. The minimum Gasteiger partial charge on any atom is -0.381 e. The van der Waals surface area contributed by atoms with Crippen LogP contribution >= 0.6 is 12.6 Å². The number of rotatable bonds is 8. The van der Waals surface area contributed by atoms with Crippen molar-refractivity contribution in [1.82, 2.24) is 0 Å². The highest BCUT2D eigenvalue weighted by molar-refractivity contribution is 7.80. The molecule has 0 radical (unpaired) electrons. The molecule has 0 amide bonds. The molecule has 80 valence electrons. The molecule has 2 heteroatoms. The van der Waals surface area contributed by atoms with Gasteiger partial charge in [0, 0.05) is 12.0 Å². The molecule has 0 spiro atoms. The Morgan fingerprint density at radius 1 is 1.15 bits per heavy atom. The normalized spacial score (nSPS) is 12.0. The van der Waals surface area contributed by atoms with Crippen molar-refractivity contribution < 1.29 is 4.74 Å². The highest BCUT2D eigenvalue weighted by Gasteiger charge is 2.24. The van der Waals surface area contributed by atoms with Gasteiger partial charge in [-0.2, -0.15) is 12.6 Å². The largest absolute Gasteiger partial charge is 0.381 e. The minimum atomic E-state index is 0.316. The van der Waals surface area contributed by atoms with Crippen molar-refractivity contribution in [2.75, 3.05) is 19.0 Å². The summed E-state index contributed by atoms with van der Waals surface area (Å²) in [5.74, 6) is 0.937. The summed E-state index contributed by atoms with van der Waals surface area (Å²) in [6.07, 6.45) is 4.72. The number of hydrogen-bond acceptors (Lipinski definition) is 2. The Bertz CT molecular complexity index is 102. The molecule has 0 bridgehead atoms. The maximum Gasteiger partial charge on any atom is 0.0530 e. The van der Waals surface area contributed by atoms with Gasteiger partial charge in [-0.3, -0.25) is 0 Å². The van der Waals surface area contributed by atoms with Crippen LogP contribution in [0.4, 0.5) is 0 Å². The van der Waals surface area contributed by atoms with E-state index in [4.69, 9.17) is 4.74 Å². The molecule has 0 atom stereocenters. The van der Waals surface area contributed by atoms with Crippen molar-refractivity contribution in [3.05, 3.63) is 0 Å². The minimum absolute atomic E-state index is 0.316. The van der Waals surface area contributed by atoms with Crippen LogP contribution in [0.5, 0.6) is 0 Å². The van der Waals surface area contributed by atoms with Crippen molar-refractivity contribution >= 4 is 12.6 Å². The number of thiol groups is 1. The van der Waals surface area contributed by atoms with E-state index in [9.17, 15) is 0 Å². The van der Waals surface area contributed by atoms with Crippen LogP contribution in [0.25, 0.3) is 0 Å². The summed E-state index contributed by atoms with van der Waals surface area (Å²) in [6.45, 7) is 8.43. The average molecular weight is 204 g/mol. The fourth-order valence-corrected chi connectivity index (χ4v) is 1.80. The number of ether oxygens (including phenoxy) is 1. The molecule has 0 aromatic carbocycles. The summed E-state index contributed by atoms with van der Waals surface area (Å²) in [6, 6.07) is 0. The topological polar surface area (TPSA) is 9.23 Å². The van der Waals surface area contributed by atoms with Crippen molar-refractivity contribution in [1.29, 1.82) is 0 Å². The van der Waals surface area contributed by atoms with Gasteiger partial charge in [-0.15, -0.1) is 0 Å². The number of unbranched alkanes of at least 4 members (excludes halogenated alkanes) is 1. The Kier molecular flexibility index (Phi) is 7.87. The first kappa shape index (κ1) is 13.3. The van der Waals surface area contributed by atoms with Gasteiger partial charge in [0.05, 0.1) is 6.61 Å². The first-order valence-electron chi connectivity index (χ1n) is 5.43. The molecule has 0 aromatic heterocycles. The molecule has 0 aliphatic rings. The maximum atomic E-state index is 5.66. The SMILES string of the molecule is CCCCOCC(CC)(CC)CS. The molecule has 0 aliphatic carbocycles. The van der Waals surface area contributed by atoms with Crippen LogP contribution in [0.3, 0.4) is 0 Å². The Morgan fingerprint density at radius 3 is 2.15 bits per heavy atom. The monoisotopic (exact) mass is 204 g/mol. The van der Waals surface area contributed by atoms with Gasteiger partial charge >= 0.3 is 0 Å². The fourth-order valence-electron chi connectivity index (χ4n) is 1.26. The van der Waals surface area contributed by atoms with Crippen molar-refractivity contribution in [3.63, 3.8) is 0 Å². The molecule has 0 aromatic rings. The summed E-state index contributed by atoms with van der Waals surface area (Å²) < 4.78 is 5.66. The highest BCUT2D eigenvalue weighted by atomic mass is 32.1. The van der Waals surface area contributed by atoms with Gasteiger partial charge in [0.25, 0.3) is 0 Å². The second kappa shape index (κ2) is 7.69. The second-order valence-electron chi connectivity index (χ2n) is 3.77. The predicted molar refractivity (Wildman–Crippen MR) is 62.6 cm³/mol. The van der Waals surface area contributed by atoms with Crippen molar-refractivity contribution in [3.8, 4) is 0 Å². The molecule has 0 unspecified atom stereocenters. The third-order valence-corrected chi connectivity index (χ3v) is 3.56. The van der Waals surface area contributed by atoms with E-state index in [0.29, 0.717) is 5.41 Å². The predicted octanol–water partition coefficient (Wildman–Crippen LogP) is 3.54. The maximum absolute atomic E-state index is 5.66. The van der Waals surface area contributed by atoms with Crippen LogP contribution in [0, 0.1) is 5.41 Å². The summed E-state index contributed by atoms with van der Waals surface area (Å²) in [5.41, 5.74) is 0.316. The third kappa shape index (κ3) is 4.92. The Hall–Kier alpha value is 0.310. The van der Waals surface area contributed by atoms with Crippen molar-refractivity contribution in [2.45, 2.75) is 46.5 Å². The van der Waals surface area contributed by atoms with E-state index in [1.54, 1.807) is 0 Å². The van der Waals surface area contributed by atoms with Crippen LogP contribution in [0.15, 0.2) is 0 Å². The lowest BCUT2D eigenvalue weighted by Crippen LogP contribution is -2.27. The molecule has 0 saturated carbocycles. The van der Waals surface area contributed by atoms with Crippen LogP contribution in [0.2, 0.25) is 0 Å². The van der Waals surface area contributed by atoms with Crippen LogP contribution in [0.1, 0.15) is 46.5 Å². The van der Waals surface area contributed by atoms with Gasteiger partial charge in [0.15, 0.2) is 0 Å². The molecule has 0 rings (SSSR count). The lowest BCUT2D eigenvalue weighted by atomic mass is 9.85. The van der Waals surface area contributed by atoms with Gasteiger partial charge in [-0.1, -0.05) is 27.2 Å². The van der Waals surface area contributed by atoms with Crippen LogP contribution in [-0.4, -0.2) is 19.0 Å². The fraction of sp³-hybridized carbons (Fsp3) is 1.00. The zero-order valence-corrected chi connectivity index (χ0v) is 10.2.